The fourth-order valence-corrected chi connectivity index (χ4v) is 2.87. The third-order valence-corrected chi connectivity index (χ3v) is 4.37. The van der Waals surface area contributed by atoms with Crippen LogP contribution in [0.4, 0.5) is 0 Å². The first-order valence-electron chi connectivity index (χ1n) is 5.82. The van der Waals surface area contributed by atoms with Gasteiger partial charge in [-0.25, -0.2) is 0 Å². The zero-order chi connectivity index (χ0) is 12.4. The van der Waals surface area contributed by atoms with Crippen LogP contribution in [0.5, 0.6) is 0 Å². The van der Waals surface area contributed by atoms with E-state index in [1.54, 1.807) is 0 Å². The van der Waals surface area contributed by atoms with Crippen molar-refractivity contribution in [3.8, 4) is 0 Å². The van der Waals surface area contributed by atoms with Crippen molar-refractivity contribution in [3.63, 3.8) is 0 Å². The molecule has 1 aliphatic heterocycles. The smallest absolute Gasteiger partial charge is 0.261 e. The average Bonchev–Trinajstić information content (AvgIpc) is 2.83. The van der Waals surface area contributed by atoms with E-state index in [1.807, 2.05) is 19.9 Å². The van der Waals surface area contributed by atoms with Crippen LogP contribution in [-0.2, 0) is 0 Å². The van der Waals surface area contributed by atoms with Gasteiger partial charge >= 0.3 is 0 Å². The number of thiophene rings is 1. The Morgan fingerprint density at radius 3 is 2.78 bits per heavy atom. The van der Waals surface area contributed by atoms with E-state index < -0.39 is 0 Å². The molecular weight excluding hydrogens is 272 g/mol. The second-order valence-corrected chi connectivity index (χ2v) is 5.80. The second-order valence-electron chi connectivity index (χ2n) is 4.55. The Labute approximate surface area is 117 Å². The Morgan fingerprint density at radius 2 is 2.28 bits per heavy atom. The summed E-state index contributed by atoms with van der Waals surface area (Å²) >= 11 is 1.52. The molecule has 1 aliphatic rings. The van der Waals surface area contributed by atoms with Gasteiger partial charge in [-0.05, 0) is 25.5 Å². The number of halogens is 1. The van der Waals surface area contributed by atoms with Gasteiger partial charge in [0, 0.05) is 30.4 Å². The molecule has 1 saturated heterocycles. The minimum atomic E-state index is -0.345. The molecule has 0 aliphatic carbocycles. The van der Waals surface area contributed by atoms with Gasteiger partial charge in [0.25, 0.3) is 5.91 Å². The number of hydrogen-bond donors (Lipinski definition) is 3. The quantitative estimate of drug-likeness (QED) is 0.781. The number of aliphatic hydroxyl groups excluding tert-OH is 1. The number of hydrogen-bond acceptors (Lipinski definition) is 4. The van der Waals surface area contributed by atoms with Crippen LogP contribution in [0, 0.1) is 19.8 Å². The molecule has 0 radical (unpaired) electrons. The lowest BCUT2D eigenvalue weighted by Gasteiger charge is -2.13. The third-order valence-electron chi connectivity index (χ3n) is 3.22. The molecule has 0 saturated carbocycles. The normalized spacial score (nSPS) is 22.6. The maximum Gasteiger partial charge on any atom is 0.261 e. The van der Waals surface area contributed by atoms with E-state index in [-0.39, 0.29) is 30.3 Å². The summed E-state index contributed by atoms with van der Waals surface area (Å²) in [6.07, 6.45) is -0.345. The van der Waals surface area contributed by atoms with E-state index in [2.05, 4.69) is 10.6 Å². The van der Waals surface area contributed by atoms with E-state index in [9.17, 15) is 9.90 Å². The molecule has 18 heavy (non-hydrogen) atoms. The van der Waals surface area contributed by atoms with Crippen LogP contribution in [-0.4, -0.2) is 36.8 Å². The summed E-state index contributed by atoms with van der Waals surface area (Å²) in [6.45, 7) is 5.94. The van der Waals surface area contributed by atoms with Crippen molar-refractivity contribution in [1.29, 1.82) is 0 Å². The van der Waals surface area contributed by atoms with Crippen molar-refractivity contribution in [1.82, 2.24) is 10.6 Å². The summed E-state index contributed by atoms with van der Waals surface area (Å²) in [7, 11) is 0. The van der Waals surface area contributed by atoms with Crippen molar-refractivity contribution >= 4 is 29.7 Å². The maximum absolute atomic E-state index is 11.9. The van der Waals surface area contributed by atoms with Gasteiger partial charge in [-0.2, -0.15) is 0 Å². The molecular formula is C12H19ClN2O2S. The summed E-state index contributed by atoms with van der Waals surface area (Å²) in [5.41, 5.74) is 1.16. The molecule has 2 atom stereocenters. The van der Waals surface area contributed by atoms with Gasteiger partial charge in [0.1, 0.15) is 0 Å². The summed E-state index contributed by atoms with van der Waals surface area (Å²) in [4.78, 5) is 13.8. The minimum Gasteiger partial charge on any atom is -0.391 e. The van der Waals surface area contributed by atoms with Crippen LogP contribution in [0.1, 0.15) is 20.1 Å². The number of amides is 1. The molecule has 2 unspecified atom stereocenters. The first kappa shape index (κ1) is 15.4. The molecule has 1 amide bonds. The maximum atomic E-state index is 11.9. The van der Waals surface area contributed by atoms with Crippen molar-refractivity contribution < 1.29 is 9.90 Å². The lowest BCUT2D eigenvalue weighted by molar-refractivity contribution is 0.0931. The summed E-state index contributed by atoms with van der Waals surface area (Å²) in [6, 6.07) is 1.92. The van der Waals surface area contributed by atoms with E-state index in [1.165, 1.54) is 16.2 Å². The molecule has 0 spiro atoms. The van der Waals surface area contributed by atoms with Crippen LogP contribution in [0.2, 0.25) is 0 Å². The van der Waals surface area contributed by atoms with E-state index in [0.29, 0.717) is 13.1 Å². The fourth-order valence-electron chi connectivity index (χ4n) is 1.92. The van der Waals surface area contributed by atoms with Crippen molar-refractivity contribution in [2.45, 2.75) is 20.0 Å². The Bertz CT molecular complexity index is 403. The predicted molar refractivity (Wildman–Crippen MR) is 75.7 cm³/mol. The molecule has 1 aromatic rings. The molecule has 1 aromatic heterocycles. The molecule has 2 heterocycles. The second kappa shape index (κ2) is 6.52. The van der Waals surface area contributed by atoms with Crippen molar-refractivity contribution in [2.24, 2.45) is 5.92 Å². The molecule has 6 heteroatoms. The fraction of sp³-hybridized carbons (Fsp3) is 0.583. The average molecular weight is 291 g/mol. The number of carbonyl (C=O) groups is 1. The van der Waals surface area contributed by atoms with Crippen LogP contribution in [0.25, 0.3) is 0 Å². The first-order valence-corrected chi connectivity index (χ1v) is 6.63. The molecule has 1 fully saturated rings. The van der Waals surface area contributed by atoms with Gasteiger partial charge in [0.15, 0.2) is 0 Å². The molecule has 0 aromatic carbocycles. The highest BCUT2D eigenvalue weighted by atomic mass is 35.5. The number of aliphatic hydroxyl groups is 1. The van der Waals surface area contributed by atoms with E-state index in [0.717, 1.165) is 17.0 Å². The zero-order valence-corrected chi connectivity index (χ0v) is 12.2. The topological polar surface area (TPSA) is 61.4 Å². The highest BCUT2D eigenvalue weighted by Crippen LogP contribution is 2.20. The Balaban J connectivity index is 0.00000162. The summed E-state index contributed by atoms with van der Waals surface area (Å²) < 4.78 is 0. The van der Waals surface area contributed by atoms with Crippen molar-refractivity contribution in [2.75, 3.05) is 19.6 Å². The summed E-state index contributed by atoms with van der Waals surface area (Å²) in [5.74, 6) is 0.0893. The van der Waals surface area contributed by atoms with Gasteiger partial charge in [-0.1, -0.05) is 0 Å². The molecule has 102 valence electrons. The number of rotatable bonds is 3. The number of β-amino-alcohol motifs (C(OH)–C–C–N with tert-alkyl or cyclic N) is 1. The monoisotopic (exact) mass is 290 g/mol. The minimum absolute atomic E-state index is 0. The largest absolute Gasteiger partial charge is 0.391 e. The van der Waals surface area contributed by atoms with Crippen molar-refractivity contribution in [3.05, 3.63) is 21.4 Å². The van der Waals surface area contributed by atoms with Gasteiger partial charge in [-0.15, -0.1) is 23.7 Å². The molecule has 3 N–H and O–H groups in total. The van der Waals surface area contributed by atoms with Gasteiger partial charge in [0.2, 0.25) is 0 Å². The Morgan fingerprint density at radius 1 is 1.56 bits per heavy atom. The Hall–Kier alpha value is -0.620. The molecule has 2 rings (SSSR count). The zero-order valence-electron chi connectivity index (χ0n) is 10.5. The SMILES string of the molecule is Cc1cc(C(=O)NCC2CNCC2O)sc1C.Cl. The van der Waals surface area contributed by atoms with Crippen LogP contribution < -0.4 is 10.6 Å². The van der Waals surface area contributed by atoms with Gasteiger partial charge in [-0.3, -0.25) is 4.79 Å². The van der Waals surface area contributed by atoms with Gasteiger partial charge < -0.3 is 15.7 Å². The standard InChI is InChI=1S/C12H18N2O2S.ClH/c1-7-3-11(17-8(7)2)12(16)14-5-9-4-13-6-10(9)15;/h3,9-10,13,15H,4-6H2,1-2H3,(H,14,16);1H. The van der Waals surface area contributed by atoms with Crippen LogP contribution in [0.3, 0.4) is 0 Å². The molecule has 0 bridgehead atoms. The lowest BCUT2D eigenvalue weighted by Crippen LogP contribution is -2.34. The van der Waals surface area contributed by atoms with E-state index in [4.69, 9.17) is 0 Å². The number of carbonyl (C=O) groups excluding carboxylic acids is 1. The number of nitrogens with one attached hydrogen (secondary N) is 2. The number of aryl methyl sites for hydroxylation is 2. The lowest BCUT2D eigenvalue weighted by atomic mass is 10.1. The van der Waals surface area contributed by atoms with E-state index >= 15 is 0 Å². The highest BCUT2D eigenvalue weighted by molar-refractivity contribution is 7.14. The first-order chi connectivity index (χ1) is 8.08. The predicted octanol–water partition coefficient (Wildman–Crippen LogP) is 1.10. The van der Waals surface area contributed by atoms with Crippen LogP contribution in [0.15, 0.2) is 6.07 Å². The third kappa shape index (κ3) is 3.45. The van der Waals surface area contributed by atoms with Gasteiger partial charge in [0.05, 0.1) is 11.0 Å². The Kier molecular flexibility index (Phi) is 5.59. The molecule has 4 nitrogen and oxygen atoms in total. The summed E-state index contributed by atoms with van der Waals surface area (Å²) in [5, 5.41) is 15.6. The highest BCUT2D eigenvalue weighted by Gasteiger charge is 2.25. The van der Waals surface area contributed by atoms with Crippen LogP contribution >= 0.6 is 23.7 Å².